The Labute approximate surface area is 132 Å². The molecule has 0 amide bonds. The Bertz CT molecular complexity index is 620. The van der Waals surface area contributed by atoms with Gasteiger partial charge in [-0.3, -0.25) is 4.99 Å². The van der Waals surface area contributed by atoms with Crippen LogP contribution in [0.5, 0.6) is 5.75 Å². The Balaban J connectivity index is 1.88. The molecule has 4 heteroatoms. The van der Waals surface area contributed by atoms with E-state index in [1.54, 1.807) is 14.2 Å². The molecule has 2 rings (SSSR count). The fraction of sp³-hybridized carbons (Fsp3) is 0.278. The van der Waals surface area contributed by atoms with Gasteiger partial charge in [-0.2, -0.15) is 0 Å². The van der Waals surface area contributed by atoms with E-state index < -0.39 is 0 Å². The van der Waals surface area contributed by atoms with Gasteiger partial charge in [0, 0.05) is 25.7 Å². The molecule has 0 unspecified atom stereocenters. The molecule has 0 bridgehead atoms. The summed E-state index contributed by atoms with van der Waals surface area (Å²) in [5.41, 5.74) is 3.59. The third-order valence-corrected chi connectivity index (χ3v) is 3.44. The quantitative estimate of drug-likeness (QED) is 0.659. The van der Waals surface area contributed by atoms with Crippen molar-refractivity contribution in [3.8, 4) is 5.75 Å². The first-order valence-electron chi connectivity index (χ1n) is 7.35. The first-order valence-corrected chi connectivity index (χ1v) is 7.35. The third-order valence-electron chi connectivity index (χ3n) is 3.44. The van der Waals surface area contributed by atoms with Crippen molar-refractivity contribution in [2.45, 2.75) is 20.0 Å². The molecule has 0 radical (unpaired) electrons. The summed E-state index contributed by atoms with van der Waals surface area (Å²) in [6.07, 6.45) is 0. The molecule has 0 fully saturated rings. The van der Waals surface area contributed by atoms with Crippen molar-refractivity contribution in [1.82, 2.24) is 10.6 Å². The topological polar surface area (TPSA) is 45.7 Å². The fourth-order valence-corrected chi connectivity index (χ4v) is 2.14. The zero-order valence-corrected chi connectivity index (χ0v) is 13.4. The van der Waals surface area contributed by atoms with E-state index in [1.165, 1.54) is 11.1 Å². The van der Waals surface area contributed by atoms with Gasteiger partial charge in [-0.15, -0.1) is 0 Å². The number of hydrogen-bond acceptors (Lipinski definition) is 2. The summed E-state index contributed by atoms with van der Waals surface area (Å²) >= 11 is 0. The van der Waals surface area contributed by atoms with Gasteiger partial charge < -0.3 is 15.4 Å². The molecule has 4 nitrogen and oxygen atoms in total. The molecule has 0 atom stereocenters. The Morgan fingerprint density at radius 3 is 2.36 bits per heavy atom. The highest BCUT2D eigenvalue weighted by atomic mass is 16.5. The van der Waals surface area contributed by atoms with Crippen LogP contribution < -0.4 is 15.4 Å². The number of methoxy groups -OCH3 is 1. The molecule has 2 N–H and O–H groups in total. The smallest absolute Gasteiger partial charge is 0.191 e. The lowest BCUT2D eigenvalue weighted by atomic mass is 10.1. The molecule has 2 aromatic carbocycles. The maximum absolute atomic E-state index is 5.35. The van der Waals surface area contributed by atoms with Gasteiger partial charge in [0.1, 0.15) is 5.75 Å². The van der Waals surface area contributed by atoms with E-state index >= 15 is 0 Å². The number of ether oxygens (including phenoxy) is 1. The largest absolute Gasteiger partial charge is 0.496 e. The second-order valence-corrected chi connectivity index (χ2v) is 5.08. The summed E-state index contributed by atoms with van der Waals surface area (Å²) in [7, 11) is 3.45. The van der Waals surface area contributed by atoms with Gasteiger partial charge in [0.05, 0.1) is 7.11 Å². The maximum atomic E-state index is 5.35. The number of nitrogens with zero attached hydrogens (tertiary/aromatic N) is 1. The van der Waals surface area contributed by atoms with Crippen LogP contribution in [0.4, 0.5) is 0 Å². The number of rotatable bonds is 5. The lowest BCUT2D eigenvalue weighted by molar-refractivity contribution is 0.409. The molecule has 0 aliphatic heterocycles. The van der Waals surface area contributed by atoms with Crippen LogP contribution in [-0.2, 0) is 13.1 Å². The minimum atomic E-state index is 0.664. The van der Waals surface area contributed by atoms with Crippen LogP contribution in [0.15, 0.2) is 53.5 Å². The monoisotopic (exact) mass is 297 g/mol. The lowest BCUT2D eigenvalue weighted by Gasteiger charge is -2.13. The molecule has 22 heavy (non-hydrogen) atoms. The normalized spacial score (nSPS) is 11.1. The number of para-hydroxylation sites is 1. The summed E-state index contributed by atoms with van der Waals surface area (Å²) < 4.78 is 5.35. The Morgan fingerprint density at radius 2 is 1.68 bits per heavy atom. The number of aliphatic imine (C=N–C) groups is 1. The fourth-order valence-electron chi connectivity index (χ4n) is 2.14. The van der Waals surface area contributed by atoms with Crippen molar-refractivity contribution in [2.75, 3.05) is 14.2 Å². The highest BCUT2D eigenvalue weighted by Crippen LogP contribution is 2.16. The van der Waals surface area contributed by atoms with Gasteiger partial charge in [-0.25, -0.2) is 0 Å². The van der Waals surface area contributed by atoms with Crippen molar-refractivity contribution < 1.29 is 4.74 Å². The van der Waals surface area contributed by atoms with Gasteiger partial charge in [-0.1, -0.05) is 48.0 Å². The molecule has 0 heterocycles. The molecule has 0 aliphatic rings. The number of nitrogens with one attached hydrogen (secondary N) is 2. The molecule has 0 aliphatic carbocycles. The van der Waals surface area contributed by atoms with E-state index in [4.69, 9.17) is 4.74 Å². The zero-order chi connectivity index (χ0) is 15.8. The van der Waals surface area contributed by atoms with E-state index in [-0.39, 0.29) is 0 Å². The third kappa shape index (κ3) is 4.52. The van der Waals surface area contributed by atoms with Crippen LogP contribution in [0.2, 0.25) is 0 Å². The average molecular weight is 297 g/mol. The molecule has 0 saturated heterocycles. The van der Waals surface area contributed by atoms with Crippen LogP contribution in [0, 0.1) is 6.92 Å². The van der Waals surface area contributed by atoms with Crippen LogP contribution in [0.3, 0.4) is 0 Å². The van der Waals surface area contributed by atoms with Crippen molar-refractivity contribution in [2.24, 2.45) is 4.99 Å². The van der Waals surface area contributed by atoms with Gasteiger partial charge in [-0.05, 0) is 18.6 Å². The second-order valence-electron chi connectivity index (χ2n) is 5.08. The van der Waals surface area contributed by atoms with Gasteiger partial charge in [0.2, 0.25) is 0 Å². The summed E-state index contributed by atoms with van der Waals surface area (Å²) in [6.45, 7) is 3.49. The van der Waals surface area contributed by atoms with Crippen LogP contribution in [-0.4, -0.2) is 20.1 Å². The van der Waals surface area contributed by atoms with Gasteiger partial charge >= 0.3 is 0 Å². The minimum absolute atomic E-state index is 0.664. The minimum Gasteiger partial charge on any atom is -0.496 e. The molecule has 0 aromatic heterocycles. The van der Waals surface area contributed by atoms with Gasteiger partial charge in [0.15, 0.2) is 5.96 Å². The number of guanidine groups is 1. The van der Waals surface area contributed by atoms with E-state index in [1.807, 2.05) is 24.3 Å². The van der Waals surface area contributed by atoms with E-state index in [2.05, 4.69) is 46.8 Å². The number of aryl methyl sites for hydroxylation is 1. The van der Waals surface area contributed by atoms with E-state index in [0.717, 1.165) is 23.8 Å². The second kappa shape index (κ2) is 8.08. The molecule has 116 valence electrons. The summed E-state index contributed by atoms with van der Waals surface area (Å²) in [6, 6.07) is 16.4. The molecule has 2 aromatic rings. The maximum Gasteiger partial charge on any atom is 0.191 e. The summed E-state index contributed by atoms with van der Waals surface area (Å²) in [5.74, 6) is 1.65. The van der Waals surface area contributed by atoms with Crippen LogP contribution in [0.1, 0.15) is 16.7 Å². The highest BCUT2D eigenvalue weighted by molar-refractivity contribution is 5.79. The SMILES string of the molecule is CN=C(NCc1ccc(C)cc1)NCc1ccccc1OC. The van der Waals surface area contributed by atoms with Crippen molar-refractivity contribution in [3.63, 3.8) is 0 Å². The molecular weight excluding hydrogens is 274 g/mol. The molecule has 0 spiro atoms. The van der Waals surface area contributed by atoms with Crippen molar-refractivity contribution in [3.05, 3.63) is 65.2 Å². The number of benzene rings is 2. The van der Waals surface area contributed by atoms with Crippen molar-refractivity contribution >= 4 is 5.96 Å². The standard InChI is InChI=1S/C18H23N3O/c1-14-8-10-15(11-9-14)12-20-18(19-2)21-13-16-6-4-5-7-17(16)22-3/h4-11H,12-13H2,1-3H3,(H2,19,20,21). The Hall–Kier alpha value is -2.49. The highest BCUT2D eigenvalue weighted by Gasteiger charge is 2.03. The summed E-state index contributed by atoms with van der Waals surface area (Å²) in [5, 5.41) is 6.61. The van der Waals surface area contributed by atoms with Crippen LogP contribution in [0.25, 0.3) is 0 Å². The Kier molecular flexibility index (Phi) is 5.83. The molecule has 0 saturated carbocycles. The average Bonchev–Trinajstić information content (AvgIpc) is 2.57. The van der Waals surface area contributed by atoms with E-state index in [0.29, 0.717) is 6.54 Å². The predicted octanol–water partition coefficient (Wildman–Crippen LogP) is 2.87. The van der Waals surface area contributed by atoms with Crippen molar-refractivity contribution in [1.29, 1.82) is 0 Å². The van der Waals surface area contributed by atoms with E-state index in [9.17, 15) is 0 Å². The first-order chi connectivity index (χ1) is 10.7. The zero-order valence-electron chi connectivity index (χ0n) is 13.4. The van der Waals surface area contributed by atoms with Crippen LogP contribution >= 0.6 is 0 Å². The summed E-state index contributed by atoms with van der Waals surface area (Å²) in [4.78, 5) is 4.24. The van der Waals surface area contributed by atoms with Gasteiger partial charge in [0.25, 0.3) is 0 Å². The molecular formula is C18H23N3O. The predicted molar refractivity (Wildman–Crippen MR) is 91.2 cm³/mol. The Morgan fingerprint density at radius 1 is 1.00 bits per heavy atom. The first kappa shape index (κ1) is 15.9. The lowest BCUT2D eigenvalue weighted by Crippen LogP contribution is -2.36. The number of hydrogen-bond donors (Lipinski definition) is 2.